The molecule has 2 aromatic rings. The van der Waals surface area contributed by atoms with Gasteiger partial charge in [-0.1, -0.05) is 0 Å². The smallest absolute Gasteiger partial charge is 0.255 e. The molecule has 0 saturated carbocycles. The van der Waals surface area contributed by atoms with Gasteiger partial charge in [-0.2, -0.15) is 4.98 Å². The van der Waals surface area contributed by atoms with Crippen LogP contribution in [0.4, 0.5) is 17.5 Å². The van der Waals surface area contributed by atoms with Crippen molar-refractivity contribution < 1.29 is 9.53 Å². The molecule has 0 unspecified atom stereocenters. The number of thioether (sulfide) groups is 1. The molecule has 3 rings (SSSR count). The van der Waals surface area contributed by atoms with Crippen LogP contribution in [-0.4, -0.2) is 62.5 Å². The van der Waals surface area contributed by atoms with Crippen molar-refractivity contribution in [1.82, 2.24) is 9.97 Å². The van der Waals surface area contributed by atoms with E-state index < -0.39 is 0 Å². The van der Waals surface area contributed by atoms with Gasteiger partial charge in [0.2, 0.25) is 5.95 Å². The Morgan fingerprint density at radius 3 is 2.54 bits per heavy atom. The molecule has 0 aliphatic carbocycles. The molecule has 0 atom stereocenters. The van der Waals surface area contributed by atoms with E-state index >= 15 is 0 Å². The lowest BCUT2D eigenvalue weighted by atomic mass is 10.2. The topological polar surface area (TPSA) is 70.6 Å². The van der Waals surface area contributed by atoms with Crippen molar-refractivity contribution in [3.8, 4) is 0 Å². The lowest BCUT2D eigenvalue weighted by Gasteiger charge is -2.28. The number of carbonyl (C=O) groups excluding carboxylic acids is 1. The van der Waals surface area contributed by atoms with Gasteiger partial charge in [0.15, 0.2) is 5.82 Å². The van der Waals surface area contributed by atoms with Crippen LogP contribution in [0, 0.1) is 0 Å². The number of nitrogens with zero attached hydrogens (tertiary/aromatic N) is 4. The zero-order valence-electron chi connectivity index (χ0n) is 15.2. The highest BCUT2D eigenvalue weighted by atomic mass is 32.2. The first kappa shape index (κ1) is 18.5. The minimum absolute atomic E-state index is 0.177. The van der Waals surface area contributed by atoms with E-state index in [4.69, 9.17) is 4.74 Å². The van der Waals surface area contributed by atoms with Crippen LogP contribution < -0.4 is 15.1 Å². The standard InChI is InChI=1S/C18H23N5O2S/c1-22(2)16-15(12-19-18(21-16)23-8-10-25-11-9-23)20-17(24)13-4-6-14(26-3)7-5-13/h4-7,12H,8-11H2,1-3H3,(H,20,24). The number of ether oxygens (including phenoxy) is 1. The Bertz CT molecular complexity index is 761. The molecule has 1 amide bonds. The van der Waals surface area contributed by atoms with E-state index in [-0.39, 0.29) is 5.91 Å². The van der Waals surface area contributed by atoms with Gasteiger partial charge >= 0.3 is 0 Å². The largest absolute Gasteiger partial charge is 0.378 e. The first-order chi connectivity index (χ1) is 12.6. The molecule has 1 saturated heterocycles. The fourth-order valence-corrected chi connectivity index (χ4v) is 3.05. The Morgan fingerprint density at radius 2 is 1.92 bits per heavy atom. The SMILES string of the molecule is CSc1ccc(C(=O)Nc2cnc(N3CCOCC3)nc2N(C)C)cc1. The second-order valence-electron chi connectivity index (χ2n) is 6.08. The van der Waals surface area contributed by atoms with Crippen LogP contribution in [0.25, 0.3) is 0 Å². The molecule has 1 N–H and O–H groups in total. The molecule has 0 spiro atoms. The van der Waals surface area contributed by atoms with Gasteiger partial charge in [-0.25, -0.2) is 4.98 Å². The maximum Gasteiger partial charge on any atom is 0.255 e. The molecule has 1 aliphatic heterocycles. The number of hydrogen-bond donors (Lipinski definition) is 1. The highest BCUT2D eigenvalue weighted by molar-refractivity contribution is 7.98. The van der Waals surface area contributed by atoms with Gasteiger partial charge in [0.05, 0.1) is 19.4 Å². The Balaban J connectivity index is 1.80. The predicted octanol–water partition coefficient (Wildman–Crippen LogP) is 2.35. The first-order valence-corrected chi connectivity index (χ1v) is 9.63. The molecule has 1 fully saturated rings. The van der Waals surface area contributed by atoms with Gasteiger partial charge in [-0.05, 0) is 30.5 Å². The third-order valence-corrected chi connectivity index (χ3v) is 4.82. The summed E-state index contributed by atoms with van der Waals surface area (Å²) in [5, 5.41) is 2.92. The summed E-state index contributed by atoms with van der Waals surface area (Å²) < 4.78 is 5.37. The van der Waals surface area contributed by atoms with Crippen molar-refractivity contribution in [3.63, 3.8) is 0 Å². The molecule has 7 nitrogen and oxygen atoms in total. The molecular weight excluding hydrogens is 350 g/mol. The van der Waals surface area contributed by atoms with E-state index in [9.17, 15) is 4.79 Å². The Morgan fingerprint density at radius 1 is 1.23 bits per heavy atom. The van der Waals surface area contributed by atoms with E-state index in [2.05, 4.69) is 20.2 Å². The number of benzene rings is 1. The van der Waals surface area contributed by atoms with Gasteiger partial charge < -0.3 is 19.9 Å². The van der Waals surface area contributed by atoms with E-state index in [1.54, 1.807) is 18.0 Å². The number of morpholine rings is 1. The van der Waals surface area contributed by atoms with Crippen LogP contribution in [0.2, 0.25) is 0 Å². The summed E-state index contributed by atoms with van der Waals surface area (Å²) in [4.78, 5) is 26.7. The quantitative estimate of drug-likeness (QED) is 0.807. The van der Waals surface area contributed by atoms with Gasteiger partial charge in [0.25, 0.3) is 5.91 Å². The third kappa shape index (κ3) is 4.25. The number of nitrogens with one attached hydrogen (secondary N) is 1. The molecule has 0 bridgehead atoms. The van der Waals surface area contributed by atoms with Gasteiger partial charge in [-0.15, -0.1) is 11.8 Å². The van der Waals surface area contributed by atoms with E-state index in [0.717, 1.165) is 18.0 Å². The van der Waals surface area contributed by atoms with Crippen molar-refractivity contribution in [1.29, 1.82) is 0 Å². The minimum Gasteiger partial charge on any atom is -0.378 e. The molecule has 0 radical (unpaired) electrons. The molecular formula is C18H23N5O2S. The van der Waals surface area contributed by atoms with Gasteiger partial charge in [-0.3, -0.25) is 4.79 Å². The lowest BCUT2D eigenvalue weighted by Crippen LogP contribution is -2.37. The molecule has 8 heteroatoms. The number of aromatic nitrogens is 2. The maximum atomic E-state index is 12.6. The van der Waals surface area contributed by atoms with Crippen LogP contribution in [0.15, 0.2) is 35.4 Å². The van der Waals surface area contributed by atoms with Crippen molar-refractivity contribution in [2.24, 2.45) is 0 Å². The Labute approximate surface area is 157 Å². The monoisotopic (exact) mass is 373 g/mol. The second kappa shape index (κ2) is 8.37. The zero-order valence-corrected chi connectivity index (χ0v) is 16.0. The summed E-state index contributed by atoms with van der Waals surface area (Å²) in [5.41, 5.74) is 1.19. The number of rotatable bonds is 5. The average Bonchev–Trinajstić information content (AvgIpc) is 2.68. The summed E-state index contributed by atoms with van der Waals surface area (Å²) >= 11 is 1.64. The zero-order chi connectivity index (χ0) is 18.5. The molecule has 1 aliphatic rings. The van der Waals surface area contributed by atoms with Crippen LogP contribution in [0.5, 0.6) is 0 Å². The second-order valence-corrected chi connectivity index (χ2v) is 6.96. The third-order valence-electron chi connectivity index (χ3n) is 4.07. The molecule has 1 aromatic heterocycles. The van der Waals surface area contributed by atoms with Gasteiger partial charge in [0, 0.05) is 37.6 Å². The summed E-state index contributed by atoms with van der Waals surface area (Å²) in [5.74, 6) is 1.15. The lowest BCUT2D eigenvalue weighted by molar-refractivity contribution is 0.102. The van der Waals surface area contributed by atoms with E-state index in [0.29, 0.717) is 36.2 Å². The van der Waals surface area contributed by atoms with Crippen molar-refractivity contribution in [2.75, 3.05) is 61.8 Å². The highest BCUT2D eigenvalue weighted by Gasteiger charge is 2.18. The molecule has 1 aromatic carbocycles. The van der Waals surface area contributed by atoms with E-state index in [1.807, 2.05) is 49.5 Å². The minimum atomic E-state index is -0.177. The van der Waals surface area contributed by atoms with Crippen molar-refractivity contribution in [3.05, 3.63) is 36.0 Å². The fraction of sp³-hybridized carbons (Fsp3) is 0.389. The summed E-state index contributed by atoms with van der Waals surface area (Å²) in [7, 11) is 3.79. The Hall–Kier alpha value is -2.32. The van der Waals surface area contributed by atoms with Crippen molar-refractivity contribution in [2.45, 2.75) is 4.90 Å². The van der Waals surface area contributed by atoms with E-state index in [1.165, 1.54) is 0 Å². The predicted molar refractivity (Wildman–Crippen MR) is 106 cm³/mol. The van der Waals surface area contributed by atoms with Gasteiger partial charge in [0.1, 0.15) is 5.69 Å². The summed E-state index contributed by atoms with van der Waals surface area (Å²) in [6.07, 6.45) is 3.67. The number of carbonyl (C=O) groups is 1. The molecule has 138 valence electrons. The summed E-state index contributed by atoms with van der Waals surface area (Å²) in [6, 6.07) is 7.51. The van der Waals surface area contributed by atoms with Crippen LogP contribution in [-0.2, 0) is 4.74 Å². The first-order valence-electron chi connectivity index (χ1n) is 8.41. The Kier molecular flexibility index (Phi) is 5.95. The maximum absolute atomic E-state index is 12.6. The number of amides is 1. The molecule has 2 heterocycles. The van der Waals surface area contributed by atoms with Crippen molar-refractivity contribution >= 4 is 35.1 Å². The normalized spacial score (nSPS) is 14.2. The van der Waals surface area contributed by atoms with Crippen LogP contribution >= 0.6 is 11.8 Å². The highest BCUT2D eigenvalue weighted by Crippen LogP contribution is 2.25. The van der Waals surface area contributed by atoms with Crippen LogP contribution in [0.1, 0.15) is 10.4 Å². The van der Waals surface area contributed by atoms with Crippen LogP contribution in [0.3, 0.4) is 0 Å². The molecule has 26 heavy (non-hydrogen) atoms. The summed E-state index contributed by atoms with van der Waals surface area (Å²) in [6.45, 7) is 2.87. The number of hydrogen-bond acceptors (Lipinski definition) is 7. The number of anilines is 3. The average molecular weight is 373 g/mol. The fourth-order valence-electron chi connectivity index (χ4n) is 2.65.